The Labute approximate surface area is 161 Å². The van der Waals surface area contributed by atoms with E-state index in [1.807, 2.05) is 12.1 Å². The Hall–Kier alpha value is -2.48. The van der Waals surface area contributed by atoms with E-state index >= 15 is 0 Å². The molecule has 1 aromatic carbocycles. The van der Waals surface area contributed by atoms with Crippen LogP contribution in [0.2, 0.25) is 0 Å². The van der Waals surface area contributed by atoms with Crippen LogP contribution in [0.25, 0.3) is 22.1 Å². The summed E-state index contributed by atoms with van der Waals surface area (Å²) in [7, 11) is 0. The molecule has 3 aromatic heterocycles. The molecular formula is C19H22N6OS. The smallest absolute Gasteiger partial charge is 0.237 e. The molecule has 8 heteroatoms. The fraction of sp³-hybridized carbons (Fsp3) is 0.421. The van der Waals surface area contributed by atoms with Gasteiger partial charge >= 0.3 is 0 Å². The van der Waals surface area contributed by atoms with Gasteiger partial charge in [0.05, 0.1) is 11.3 Å². The van der Waals surface area contributed by atoms with Gasteiger partial charge in [0.25, 0.3) is 0 Å². The zero-order valence-corrected chi connectivity index (χ0v) is 16.5. The fourth-order valence-electron chi connectivity index (χ4n) is 3.12. The number of rotatable bonds is 7. The molecule has 4 aromatic rings. The van der Waals surface area contributed by atoms with Crippen molar-refractivity contribution in [2.45, 2.75) is 51.1 Å². The minimum absolute atomic E-state index is 0.499. The highest BCUT2D eigenvalue weighted by Gasteiger charge is 2.15. The monoisotopic (exact) mass is 382 g/mol. The Morgan fingerprint density at radius 1 is 1.15 bits per heavy atom. The van der Waals surface area contributed by atoms with Gasteiger partial charge in [0.2, 0.25) is 11.0 Å². The SMILES string of the molecule is CCCn1c2ccccc2c2nnc(SCc3nc(CC(C)C)no3)nc21. The first kappa shape index (κ1) is 17.9. The van der Waals surface area contributed by atoms with Gasteiger partial charge in [-0.25, -0.2) is 4.98 Å². The molecule has 3 heterocycles. The molecule has 140 valence electrons. The second kappa shape index (κ2) is 7.64. The van der Waals surface area contributed by atoms with Crippen molar-refractivity contribution in [3.05, 3.63) is 36.0 Å². The van der Waals surface area contributed by atoms with Crippen LogP contribution in [0.5, 0.6) is 0 Å². The normalized spacial score (nSPS) is 11.9. The van der Waals surface area contributed by atoms with Crippen LogP contribution < -0.4 is 0 Å². The van der Waals surface area contributed by atoms with Crippen molar-refractivity contribution < 1.29 is 4.52 Å². The Morgan fingerprint density at radius 2 is 2.00 bits per heavy atom. The first-order valence-corrected chi connectivity index (χ1v) is 10.2. The summed E-state index contributed by atoms with van der Waals surface area (Å²) < 4.78 is 7.54. The van der Waals surface area contributed by atoms with Crippen molar-refractivity contribution in [1.29, 1.82) is 0 Å². The average Bonchev–Trinajstić information content (AvgIpc) is 3.23. The van der Waals surface area contributed by atoms with E-state index in [0.29, 0.717) is 22.7 Å². The van der Waals surface area contributed by atoms with Crippen LogP contribution in [0.1, 0.15) is 38.9 Å². The highest BCUT2D eigenvalue weighted by molar-refractivity contribution is 7.98. The molecule has 0 amide bonds. The molecule has 0 unspecified atom stereocenters. The second-order valence-electron chi connectivity index (χ2n) is 6.93. The van der Waals surface area contributed by atoms with Gasteiger partial charge in [-0.2, -0.15) is 4.98 Å². The van der Waals surface area contributed by atoms with Gasteiger partial charge in [-0.3, -0.25) is 0 Å². The van der Waals surface area contributed by atoms with E-state index in [0.717, 1.165) is 47.3 Å². The lowest BCUT2D eigenvalue weighted by molar-refractivity contribution is 0.382. The van der Waals surface area contributed by atoms with Gasteiger partial charge in [-0.15, -0.1) is 10.2 Å². The van der Waals surface area contributed by atoms with Gasteiger partial charge in [0.15, 0.2) is 11.5 Å². The van der Waals surface area contributed by atoms with Crippen LogP contribution >= 0.6 is 11.8 Å². The highest BCUT2D eigenvalue weighted by Crippen LogP contribution is 2.28. The van der Waals surface area contributed by atoms with Crippen LogP contribution in [0.15, 0.2) is 33.9 Å². The Bertz CT molecular complexity index is 1070. The number of hydrogen-bond acceptors (Lipinski definition) is 7. The number of hydrogen-bond donors (Lipinski definition) is 0. The molecule has 0 atom stereocenters. The van der Waals surface area contributed by atoms with Gasteiger partial charge in [0.1, 0.15) is 5.52 Å². The molecule has 0 aliphatic rings. The average molecular weight is 382 g/mol. The number of fused-ring (bicyclic) bond motifs is 3. The van der Waals surface area contributed by atoms with Crippen molar-refractivity contribution in [1.82, 2.24) is 29.9 Å². The minimum Gasteiger partial charge on any atom is -0.338 e. The van der Waals surface area contributed by atoms with Crippen molar-refractivity contribution in [3.63, 3.8) is 0 Å². The van der Waals surface area contributed by atoms with Crippen molar-refractivity contribution in [2.75, 3.05) is 0 Å². The Balaban J connectivity index is 1.60. The molecule has 0 N–H and O–H groups in total. The topological polar surface area (TPSA) is 82.5 Å². The molecule has 0 aliphatic carbocycles. The Kier molecular flexibility index (Phi) is 5.07. The molecule has 0 aliphatic heterocycles. The maximum Gasteiger partial charge on any atom is 0.237 e. The summed E-state index contributed by atoms with van der Waals surface area (Å²) in [4.78, 5) is 9.19. The van der Waals surface area contributed by atoms with E-state index < -0.39 is 0 Å². The number of benzene rings is 1. The number of nitrogens with zero attached hydrogens (tertiary/aromatic N) is 6. The number of para-hydroxylation sites is 1. The predicted molar refractivity (Wildman–Crippen MR) is 106 cm³/mol. The summed E-state index contributed by atoms with van der Waals surface area (Å²) in [6.45, 7) is 7.33. The quantitative estimate of drug-likeness (QED) is 0.442. The van der Waals surface area contributed by atoms with E-state index in [-0.39, 0.29) is 0 Å². The van der Waals surface area contributed by atoms with Crippen molar-refractivity contribution >= 4 is 33.8 Å². The summed E-state index contributed by atoms with van der Waals surface area (Å²) in [5.74, 6) is 2.37. The van der Waals surface area contributed by atoms with E-state index in [9.17, 15) is 0 Å². The van der Waals surface area contributed by atoms with Crippen LogP contribution in [-0.2, 0) is 18.7 Å². The maximum atomic E-state index is 5.32. The van der Waals surface area contributed by atoms with Crippen LogP contribution in [0.3, 0.4) is 0 Å². The Morgan fingerprint density at radius 3 is 2.81 bits per heavy atom. The first-order valence-electron chi connectivity index (χ1n) is 9.21. The molecule has 0 spiro atoms. The third kappa shape index (κ3) is 3.66. The molecule has 0 saturated heterocycles. The molecule has 0 bridgehead atoms. The summed E-state index contributed by atoms with van der Waals surface area (Å²) in [6, 6.07) is 8.24. The van der Waals surface area contributed by atoms with E-state index in [1.165, 1.54) is 11.8 Å². The number of aromatic nitrogens is 6. The van der Waals surface area contributed by atoms with E-state index in [1.54, 1.807) is 0 Å². The van der Waals surface area contributed by atoms with Crippen LogP contribution in [-0.4, -0.2) is 29.9 Å². The molecular weight excluding hydrogens is 360 g/mol. The zero-order valence-electron chi connectivity index (χ0n) is 15.7. The molecule has 0 fully saturated rings. The van der Waals surface area contributed by atoms with Crippen LogP contribution in [0.4, 0.5) is 0 Å². The van der Waals surface area contributed by atoms with Gasteiger partial charge < -0.3 is 9.09 Å². The summed E-state index contributed by atoms with van der Waals surface area (Å²) in [5.41, 5.74) is 2.87. The van der Waals surface area contributed by atoms with E-state index in [4.69, 9.17) is 9.51 Å². The highest BCUT2D eigenvalue weighted by atomic mass is 32.2. The fourth-order valence-corrected chi connectivity index (χ4v) is 3.74. The lowest BCUT2D eigenvalue weighted by Crippen LogP contribution is -2.00. The molecule has 27 heavy (non-hydrogen) atoms. The van der Waals surface area contributed by atoms with Gasteiger partial charge in [-0.05, 0) is 18.4 Å². The number of aryl methyl sites for hydroxylation is 1. The lowest BCUT2D eigenvalue weighted by Gasteiger charge is -2.04. The summed E-state index contributed by atoms with van der Waals surface area (Å²) >= 11 is 1.46. The van der Waals surface area contributed by atoms with Gasteiger partial charge in [0, 0.05) is 18.4 Å². The third-order valence-corrected chi connectivity index (χ3v) is 5.05. The van der Waals surface area contributed by atoms with Gasteiger partial charge in [-0.1, -0.05) is 55.9 Å². The molecule has 0 saturated carbocycles. The minimum atomic E-state index is 0.499. The predicted octanol–water partition coefficient (Wildman–Crippen LogP) is 4.26. The lowest BCUT2D eigenvalue weighted by atomic mass is 10.1. The summed E-state index contributed by atoms with van der Waals surface area (Å²) in [5, 5.41) is 14.5. The van der Waals surface area contributed by atoms with Crippen molar-refractivity contribution in [3.8, 4) is 0 Å². The second-order valence-corrected chi connectivity index (χ2v) is 7.87. The zero-order chi connectivity index (χ0) is 18.8. The van der Waals surface area contributed by atoms with E-state index in [2.05, 4.69) is 57.8 Å². The maximum absolute atomic E-state index is 5.32. The molecule has 4 rings (SSSR count). The summed E-state index contributed by atoms with van der Waals surface area (Å²) in [6.07, 6.45) is 1.84. The van der Waals surface area contributed by atoms with Crippen LogP contribution in [0, 0.1) is 5.92 Å². The first-order chi connectivity index (χ1) is 13.2. The molecule has 0 radical (unpaired) electrons. The molecule has 7 nitrogen and oxygen atoms in total. The number of thioether (sulfide) groups is 1. The van der Waals surface area contributed by atoms with Crippen molar-refractivity contribution in [2.24, 2.45) is 5.92 Å². The largest absolute Gasteiger partial charge is 0.338 e. The standard InChI is InChI=1S/C19H22N6OS/c1-4-9-25-14-8-6-5-7-13(14)17-18(25)21-19(23-22-17)27-11-16-20-15(24-26-16)10-12(2)3/h5-8,12H,4,9-11H2,1-3H3. The third-order valence-electron chi connectivity index (χ3n) is 4.23.